The van der Waals surface area contributed by atoms with Crippen molar-refractivity contribution in [3.8, 4) is 11.3 Å². The highest BCUT2D eigenvalue weighted by atomic mass is 19.1. The second-order valence-electron chi connectivity index (χ2n) is 7.08. The molecular weight excluding hydrogens is 376 g/mol. The Hall–Kier alpha value is -3.06. The second kappa shape index (κ2) is 8.53. The van der Waals surface area contributed by atoms with Gasteiger partial charge in [-0.25, -0.2) is 8.78 Å². The van der Waals surface area contributed by atoms with E-state index in [1.165, 1.54) is 12.1 Å². The zero-order valence-electron chi connectivity index (χ0n) is 15.8. The number of carbonyl (C=O) groups excluding carboxylic acids is 1. The number of halogens is 2. The molecule has 1 fully saturated rings. The van der Waals surface area contributed by atoms with Crippen LogP contribution in [0, 0.1) is 11.6 Å². The van der Waals surface area contributed by atoms with Crippen LogP contribution in [0.15, 0.2) is 59.1 Å². The Balaban J connectivity index is 1.48. The lowest BCUT2D eigenvalue weighted by molar-refractivity contribution is 0.0928. The van der Waals surface area contributed by atoms with Crippen LogP contribution < -0.4 is 5.32 Å². The molecule has 1 N–H and O–H groups in total. The minimum atomic E-state index is -0.619. The quantitative estimate of drug-likeness (QED) is 0.678. The summed E-state index contributed by atoms with van der Waals surface area (Å²) in [6, 6.07) is 14.1. The average molecular weight is 397 g/mol. The van der Waals surface area contributed by atoms with Gasteiger partial charge in [-0.1, -0.05) is 41.6 Å². The maximum atomic E-state index is 14.4. The molecule has 1 aliphatic rings. The standard InChI is InChI=1S/C22H21F2N3O2/c23-16-8-9-17(18(24)12-16)20(27-10-4-5-11-27)14-25-22(28)19-13-21(29-26-19)15-6-2-1-3-7-15/h1-3,6-9,12-13,20H,4-5,10-11,14H2,(H,25,28)/t20-/m1/s1. The first kappa shape index (κ1) is 19.3. The van der Waals surface area contributed by atoms with Crippen molar-refractivity contribution in [2.45, 2.75) is 18.9 Å². The highest BCUT2D eigenvalue weighted by Crippen LogP contribution is 2.27. The summed E-state index contributed by atoms with van der Waals surface area (Å²) < 4.78 is 33.0. The lowest BCUT2D eigenvalue weighted by Crippen LogP contribution is -2.37. The van der Waals surface area contributed by atoms with Gasteiger partial charge in [0.05, 0.1) is 6.04 Å². The molecule has 0 bridgehead atoms. The molecule has 0 radical (unpaired) electrons. The van der Waals surface area contributed by atoms with Gasteiger partial charge in [0, 0.05) is 29.8 Å². The third-order valence-electron chi connectivity index (χ3n) is 5.16. The van der Waals surface area contributed by atoms with Crippen LogP contribution in [0.1, 0.15) is 34.9 Å². The number of rotatable bonds is 6. The van der Waals surface area contributed by atoms with Crippen LogP contribution in [0.3, 0.4) is 0 Å². The predicted octanol–water partition coefficient (Wildman–Crippen LogP) is 4.19. The fourth-order valence-corrected chi connectivity index (χ4v) is 3.66. The molecule has 1 aromatic heterocycles. The molecule has 0 aliphatic carbocycles. The van der Waals surface area contributed by atoms with Gasteiger partial charge in [-0.2, -0.15) is 0 Å². The molecule has 1 saturated heterocycles. The number of nitrogens with one attached hydrogen (secondary N) is 1. The SMILES string of the molecule is O=C(NC[C@H](c1ccc(F)cc1F)N1CCCC1)c1cc(-c2ccccc2)on1. The van der Waals surface area contributed by atoms with E-state index in [-0.39, 0.29) is 18.3 Å². The van der Waals surface area contributed by atoms with E-state index in [4.69, 9.17) is 4.52 Å². The van der Waals surface area contributed by atoms with Crippen LogP contribution in [0.25, 0.3) is 11.3 Å². The minimum Gasteiger partial charge on any atom is -0.355 e. The number of hydrogen-bond acceptors (Lipinski definition) is 4. The van der Waals surface area contributed by atoms with Gasteiger partial charge in [0.15, 0.2) is 11.5 Å². The number of aromatic nitrogens is 1. The molecule has 29 heavy (non-hydrogen) atoms. The van der Waals surface area contributed by atoms with Crippen molar-refractivity contribution >= 4 is 5.91 Å². The molecule has 1 amide bonds. The minimum absolute atomic E-state index is 0.156. The van der Waals surface area contributed by atoms with Gasteiger partial charge in [-0.3, -0.25) is 9.69 Å². The van der Waals surface area contributed by atoms with Crippen LogP contribution in [-0.2, 0) is 0 Å². The lowest BCUT2D eigenvalue weighted by Gasteiger charge is -2.28. The highest BCUT2D eigenvalue weighted by molar-refractivity contribution is 5.93. The van der Waals surface area contributed by atoms with E-state index >= 15 is 0 Å². The Morgan fingerprint density at radius 1 is 1.10 bits per heavy atom. The Morgan fingerprint density at radius 2 is 1.86 bits per heavy atom. The third kappa shape index (κ3) is 4.35. The number of benzene rings is 2. The van der Waals surface area contributed by atoms with Crippen molar-refractivity contribution in [2.24, 2.45) is 0 Å². The summed E-state index contributed by atoms with van der Waals surface area (Å²) in [5.74, 6) is -1.13. The smallest absolute Gasteiger partial charge is 0.273 e. The van der Waals surface area contributed by atoms with Crippen LogP contribution in [0.2, 0.25) is 0 Å². The maximum absolute atomic E-state index is 14.4. The summed E-state index contributed by atoms with van der Waals surface area (Å²) in [5.41, 5.74) is 1.35. The average Bonchev–Trinajstić information content (AvgIpc) is 3.42. The van der Waals surface area contributed by atoms with Gasteiger partial charge >= 0.3 is 0 Å². The van der Waals surface area contributed by atoms with Gasteiger partial charge in [-0.15, -0.1) is 0 Å². The Kier molecular flexibility index (Phi) is 5.67. The van der Waals surface area contributed by atoms with Crippen LogP contribution in [-0.4, -0.2) is 35.6 Å². The number of carbonyl (C=O) groups is 1. The van der Waals surface area contributed by atoms with E-state index in [9.17, 15) is 13.6 Å². The first-order valence-electron chi connectivity index (χ1n) is 9.61. The largest absolute Gasteiger partial charge is 0.355 e. The van der Waals surface area contributed by atoms with Crippen molar-refractivity contribution in [3.63, 3.8) is 0 Å². The summed E-state index contributed by atoms with van der Waals surface area (Å²) >= 11 is 0. The normalized spacial score (nSPS) is 15.4. The molecule has 150 valence electrons. The third-order valence-corrected chi connectivity index (χ3v) is 5.16. The molecule has 3 aromatic rings. The maximum Gasteiger partial charge on any atom is 0.273 e. The van der Waals surface area contributed by atoms with Gasteiger partial charge in [0.2, 0.25) is 0 Å². The lowest BCUT2D eigenvalue weighted by atomic mass is 10.0. The van der Waals surface area contributed by atoms with Crippen LogP contribution in [0.4, 0.5) is 8.78 Å². The number of nitrogens with zero attached hydrogens (tertiary/aromatic N) is 2. The number of hydrogen-bond donors (Lipinski definition) is 1. The summed E-state index contributed by atoms with van der Waals surface area (Å²) in [6.45, 7) is 1.80. The monoisotopic (exact) mass is 397 g/mol. The molecule has 2 heterocycles. The molecule has 0 saturated carbocycles. The van der Waals surface area contributed by atoms with E-state index in [0.29, 0.717) is 11.3 Å². The van der Waals surface area contributed by atoms with E-state index in [0.717, 1.165) is 37.6 Å². The zero-order chi connectivity index (χ0) is 20.2. The molecule has 5 nitrogen and oxygen atoms in total. The van der Waals surface area contributed by atoms with Crippen molar-refractivity contribution in [3.05, 3.63) is 77.5 Å². The summed E-state index contributed by atoms with van der Waals surface area (Å²) in [4.78, 5) is 14.7. The van der Waals surface area contributed by atoms with Gasteiger partial charge < -0.3 is 9.84 Å². The number of amides is 1. The molecule has 7 heteroatoms. The zero-order valence-corrected chi connectivity index (χ0v) is 15.8. The molecule has 1 aliphatic heterocycles. The summed E-state index contributed by atoms with van der Waals surface area (Å²) in [5, 5.41) is 6.66. The Bertz CT molecular complexity index is 985. The molecule has 0 unspecified atom stereocenters. The highest BCUT2D eigenvalue weighted by Gasteiger charge is 2.27. The van der Waals surface area contributed by atoms with Gasteiger partial charge in [-0.05, 0) is 32.0 Å². The van der Waals surface area contributed by atoms with E-state index in [1.807, 2.05) is 30.3 Å². The van der Waals surface area contributed by atoms with E-state index in [2.05, 4.69) is 15.4 Å². The fourth-order valence-electron chi connectivity index (χ4n) is 3.66. The molecule has 0 spiro atoms. The van der Waals surface area contributed by atoms with Gasteiger partial charge in [0.25, 0.3) is 5.91 Å². The summed E-state index contributed by atoms with van der Waals surface area (Å²) in [7, 11) is 0. The second-order valence-corrected chi connectivity index (χ2v) is 7.08. The predicted molar refractivity (Wildman–Crippen MR) is 104 cm³/mol. The first-order valence-corrected chi connectivity index (χ1v) is 9.61. The molecular formula is C22H21F2N3O2. The van der Waals surface area contributed by atoms with Crippen LogP contribution in [0.5, 0.6) is 0 Å². The first-order chi connectivity index (χ1) is 14.1. The van der Waals surface area contributed by atoms with Gasteiger partial charge in [0.1, 0.15) is 11.6 Å². The molecule has 1 atom stereocenters. The fraction of sp³-hybridized carbons (Fsp3) is 0.273. The van der Waals surface area contributed by atoms with Crippen molar-refractivity contribution in [2.75, 3.05) is 19.6 Å². The topological polar surface area (TPSA) is 58.4 Å². The van der Waals surface area contributed by atoms with E-state index in [1.54, 1.807) is 6.07 Å². The Morgan fingerprint density at radius 3 is 2.59 bits per heavy atom. The van der Waals surface area contributed by atoms with Crippen molar-refractivity contribution in [1.29, 1.82) is 0 Å². The van der Waals surface area contributed by atoms with E-state index < -0.39 is 17.5 Å². The van der Waals surface area contributed by atoms with Crippen molar-refractivity contribution < 1.29 is 18.1 Å². The molecule has 4 rings (SSSR count). The molecule has 2 aromatic carbocycles. The van der Waals surface area contributed by atoms with Crippen molar-refractivity contribution in [1.82, 2.24) is 15.4 Å². The number of likely N-dealkylation sites (tertiary alicyclic amines) is 1. The Labute approximate surface area is 167 Å². The van der Waals surface area contributed by atoms with Crippen LogP contribution >= 0.6 is 0 Å². The summed E-state index contributed by atoms with van der Waals surface area (Å²) in [6.07, 6.45) is 2.02.